The van der Waals surface area contributed by atoms with Crippen molar-refractivity contribution in [3.05, 3.63) is 92.1 Å². The van der Waals surface area contributed by atoms with E-state index in [1.54, 1.807) is 6.07 Å². The van der Waals surface area contributed by atoms with Crippen LogP contribution in [0, 0.1) is 5.82 Å². The van der Waals surface area contributed by atoms with E-state index < -0.39 is 40.0 Å². The molecule has 1 atom stereocenters. The van der Waals surface area contributed by atoms with E-state index in [0.29, 0.717) is 5.56 Å². The van der Waals surface area contributed by atoms with Crippen LogP contribution in [0.4, 0.5) is 23.2 Å². The van der Waals surface area contributed by atoms with Gasteiger partial charge in [0.25, 0.3) is 5.91 Å². The Labute approximate surface area is 184 Å². The first-order chi connectivity index (χ1) is 15.1. The lowest BCUT2D eigenvalue weighted by molar-refractivity contribution is -0.137. The van der Waals surface area contributed by atoms with Crippen LogP contribution in [-0.2, 0) is 6.18 Å². The molecule has 2 aromatic carbocycles. The van der Waals surface area contributed by atoms with Crippen LogP contribution in [0.1, 0.15) is 39.4 Å². The molecule has 1 aliphatic heterocycles. The Hall–Kier alpha value is -3.33. The molecule has 166 valence electrons. The van der Waals surface area contributed by atoms with E-state index in [1.807, 2.05) is 0 Å². The molecule has 3 aromatic rings. The minimum atomic E-state index is -4.76. The van der Waals surface area contributed by atoms with Crippen molar-refractivity contribution in [3.8, 4) is 5.75 Å². The van der Waals surface area contributed by atoms with Crippen molar-refractivity contribution in [2.45, 2.75) is 18.5 Å². The summed E-state index contributed by atoms with van der Waals surface area (Å²) in [6.45, 7) is 0.0533. The van der Waals surface area contributed by atoms with Gasteiger partial charge in [0.15, 0.2) is 11.6 Å². The number of carbonyl (C=O) groups excluding carboxylic acids is 1. The summed E-state index contributed by atoms with van der Waals surface area (Å²) in [5.74, 6) is -2.21. The molecule has 0 bridgehead atoms. The van der Waals surface area contributed by atoms with Gasteiger partial charge in [0.2, 0.25) is 5.56 Å². The highest BCUT2D eigenvalue weighted by molar-refractivity contribution is 6.32. The number of ether oxygens (including phenoxy) is 1. The topological polar surface area (TPSA) is 71.2 Å². The number of rotatable bonds is 3. The van der Waals surface area contributed by atoms with Crippen molar-refractivity contribution in [1.29, 1.82) is 0 Å². The van der Waals surface area contributed by atoms with E-state index in [0.717, 1.165) is 18.2 Å². The number of aromatic amines is 1. The van der Waals surface area contributed by atoms with Gasteiger partial charge in [0.05, 0.1) is 17.2 Å². The SMILES string of the molecule is O=C(Nc1cc[nH]c(=O)c1)c1cc(Cl)c(C(F)(F)F)cc1C1CCOc2c(F)cccc21. The van der Waals surface area contributed by atoms with Gasteiger partial charge in [0.1, 0.15) is 0 Å². The molecule has 2 N–H and O–H groups in total. The van der Waals surface area contributed by atoms with E-state index >= 15 is 0 Å². The van der Waals surface area contributed by atoms with Gasteiger partial charge in [-0.1, -0.05) is 23.7 Å². The quantitative estimate of drug-likeness (QED) is 0.511. The number of pyridine rings is 1. The molecule has 2 heterocycles. The maximum atomic E-state index is 14.2. The highest BCUT2D eigenvalue weighted by Gasteiger charge is 2.37. The van der Waals surface area contributed by atoms with Crippen molar-refractivity contribution in [2.24, 2.45) is 0 Å². The lowest BCUT2D eigenvalue weighted by Crippen LogP contribution is -2.22. The monoisotopic (exact) mass is 466 g/mol. The molecular weight excluding hydrogens is 452 g/mol. The summed E-state index contributed by atoms with van der Waals surface area (Å²) in [7, 11) is 0. The fourth-order valence-corrected chi connectivity index (χ4v) is 3.99. The molecule has 0 saturated heterocycles. The van der Waals surface area contributed by atoms with Crippen molar-refractivity contribution in [3.63, 3.8) is 0 Å². The van der Waals surface area contributed by atoms with Crippen molar-refractivity contribution >= 4 is 23.2 Å². The summed E-state index contributed by atoms with van der Waals surface area (Å²) in [6.07, 6.45) is -3.22. The summed E-state index contributed by atoms with van der Waals surface area (Å²) in [5.41, 5.74) is -1.19. The smallest absolute Gasteiger partial charge is 0.417 e. The van der Waals surface area contributed by atoms with Crippen LogP contribution < -0.4 is 15.6 Å². The van der Waals surface area contributed by atoms with Gasteiger partial charge in [-0.2, -0.15) is 13.2 Å². The predicted molar refractivity (Wildman–Crippen MR) is 110 cm³/mol. The number of benzene rings is 2. The number of hydrogen-bond donors (Lipinski definition) is 2. The number of amides is 1. The molecule has 4 rings (SSSR count). The third-order valence-corrected chi connectivity index (χ3v) is 5.44. The molecule has 0 aliphatic carbocycles. The number of hydrogen-bond acceptors (Lipinski definition) is 3. The first-order valence-corrected chi connectivity index (χ1v) is 9.85. The van der Waals surface area contributed by atoms with Gasteiger partial charge < -0.3 is 15.0 Å². The van der Waals surface area contributed by atoms with Crippen LogP contribution in [-0.4, -0.2) is 17.5 Å². The van der Waals surface area contributed by atoms with Crippen LogP contribution in [0.3, 0.4) is 0 Å². The molecule has 0 spiro atoms. The van der Waals surface area contributed by atoms with Crippen LogP contribution in [0.2, 0.25) is 5.02 Å². The van der Waals surface area contributed by atoms with E-state index in [4.69, 9.17) is 16.3 Å². The Morgan fingerprint density at radius 3 is 2.66 bits per heavy atom. The van der Waals surface area contributed by atoms with Gasteiger partial charge in [0, 0.05) is 35.0 Å². The summed E-state index contributed by atoms with van der Waals surface area (Å²) >= 11 is 5.88. The molecule has 1 aliphatic rings. The number of halogens is 5. The number of anilines is 1. The largest absolute Gasteiger partial charge is 0.490 e. The number of fused-ring (bicyclic) bond motifs is 1. The average molecular weight is 467 g/mol. The molecule has 10 heteroatoms. The number of alkyl halides is 3. The molecule has 32 heavy (non-hydrogen) atoms. The molecule has 1 unspecified atom stereocenters. The Balaban J connectivity index is 1.86. The molecule has 0 radical (unpaired) electrons. The van der Waals surface area contributed by atoms with Crippen LogP contribution in [0.25, 0.3) is 0 Å². The van der Waals surface area contributed by atoms with E-state index in [-0.39, 0.29) is 35.6 Å². The number of H-pyrrole nitrogens is 1. The van der Waals surface area contributed by atoms with E-state index in [1.165, 1.54) is 24.4 Å². The zero-order chi connectivity index (χ0) is 23.0. The maximum absolute atomic E-state index is 14.2. The fraction of sp³-hybridized carbons (Fsp3) is 0.182. The number of carbonyl (C=O) groups is 1. The van der Waals surface area contributed by atoms with Gasteiger partial charge in [-0.05, 0) is 36.2 Å². The molecule has 0 saturated carbocycles. The zero-order valence-electron chi connectivity index (χ0n) is 16.2. The maximum Gasteiger partial charge on any atom is 0.417 e. The summed E-state index contributed by atoms with van der Waals surface area (Å²) in [4.78, 5) is 26.9. The van der Waals surface area contributed by atoms with Crippen molar-refractivity contribution in [2.75, 3.05) is 11.9 Å². The van der Waals surface area contributed by atoms with E-state index in [2.05, 4.69) is 10.3 Å². The first-order valence-electron chi connectivity index (χ1n) is 9.47. The highest BCUT2D eigenvalue weighted by Crippen LogP contribution is 2.44. The molecular formula is C22H15ClF4N2O3. The van der Waals surface area contributed by atoms with Crippen molar-refractivity contribution in [1.82, 2.24) is 4.98 Å². The third-order valence-electron chi connectivity index (χ3n) is 5.12. The highest BCUT2D eigenvalue weighted by atomic mass is 35.5. The molecule has 1 amide bonds. The lowest BCUT2D eigenvalue weighted by Gasteiger charge is -2.28. The van der Waals surface area contributed by atoms with Crippen LogP contribution in [0.5, 0.6) is 5.75 Å². The lowest BCUT2D eigenvalue weighted by atomic mass is 9.83. The summed E-state index contributed by atoms with van der Waals surface area (Å²) < 4.78 is 60.3. The Bertz CT molecular complexity index is 1260. The standard InChI is InChI=1S/C22H15ClF4N2O3/c23-17-10-15(21(31)29-11-4-6-28-19(30)8-11)14(9-16(17)22(25,26)27)12-5-7-32-20-13(12)2-1-3-18(20)24/h1-4,6,8-10,12H,5,7H2,(H2,28,29,30,31). The number of nitrogens with one attached hydrogen (secondary N) is 2. The Morgan fingerprint density at radius 1 is 1.16 bits per heavy atom. The predicted octanol–water partition coefficient (Wildman–Crippen LogP) is 5.35. The fourth-order valence-electron chi connectivity index (χ4n) is 3.72. The summed E-state index contributed by atoms with van der Waals surface area (Å²) in [6, 6.07) is 8.46. The molecule has 0 fully saturated rings. The van der Waals surface area contributed by atoms with Crippen LogP contribution >= 0.6 is 11.6 Å². The number of aromatic nitrogens is 1. The average Bonchev–Trinajstić information content (AvgIpc) is 2.73. The second-order valence-corrected chi connectivity index (χ2v) is 7.57. The van der Waals surface area contributed by atoms with Gasteiger partial charge in [-0.3, -0.25) is 9.59 Å². The minimum absolute atomic E-state index is 0.0271. The summed E-state index contributed by atoms with van der Waals surface area (Å²) in [5, 5.41) is 1.85. The van der Waals surface area contributed by atoms with Gasteiger partial charge in [-0.15, -0.1) is 0 Å². The third kappa shape index (κ3) is 4.20. The number of para-hydroxylation sites is 1. The van der Waals surface area contributed by atoms with E-state index in [9.17, 15) is 27.2 Å². The Kier molecular flexibility index (Phi) is 5.68. The first kappa shape index (κ1) is 21.9. The molecule has 5 nitrogen and oxygen atoms in total. The van der Waals surface area contributed by atoms with Gasteiger partial charge in [-0.25, -0.2) is 4.39 Å². The van der Waals surface area contributed by atoms with Crippen molar-refractivity contribution < 1.29 is 27.1 Å². The normalized spacial score (nSPS) is 15.6. The molecule has 1 aromatic heterocycles. The Morgan fingerprint density at radius 2 is 1.94 bits per heavy atom. The second-order valence-electron chi connectivity index (χ2n) is 7.16. The minimum Gasteiger partial charge on any atom is -0.490 e. The van der Waals surface area contributed by atoms with Gasteiger partial charge >= 0.3 is 6.18 Å². The second kappa shape index (κ2) is 8.31. The van der Waals surface area contributed by atoms with Crippen LogP contribution in [0.15, 0.2) is 53.5 Å². The zero-order valence-corrected chi connectivity index (χ0v) is 17.0.